The van der Waals surface area contributed by atoms with Gasteiger partial charge >= 0.3 is 7.12 Å². The molecule has 1 aliphatic rings. The largest absolute Gasteiger partial charge is 0.494 e. The summed E-state index contributed by atoms with van der Waals surface area (Å²) in [5, 5.41) is 4.90. The van der Waals surface area contributed by atoms with Gasteiger partial charge in [0.2, 0.25) is 0 Å². The minimum atomic E-state index is -0.380. The van der Waals surface area contributed by atoms with E-state index in [1.807, 2.05) is 127 Å². The Labute approximate surface area is 618 Å². The Morgan fingerprint density at radius 1 is 0.223 bits per heavy atom. The summed E-state index contributed by atoms with van der Waals surface area (Å²) in [5.41, 5.74) is 19.5. The zero-order chi connectivity index (χ0) is 70.3. The second kappa shape index (κ2) is 30.0. The number of nitrogens with zero attached hydrogens (tertiary/aromatic N) is 6. The number of hydrogen-bond donors (Lipinski definition) is 0. The first kappa shape index (κ1) is 67.4. The molecular weight excluding hydrogens is 1390 g/mol. The van der Waals surface area contributed by atoms with Crippen molar-refractivity contribution in [2.45, 2.75) is 38.9 Å². The molecule has 103 heavy (non-hydrogen) atoms. The van der Waals surface area contributed by atoms with Gasteiger partial charge in [-0.05, 0) is 132 Å². The first-order valence-electron chi connectivity index (χ1n) is 34.3. The van der Waals surface area contributed by atoms with Crippen LogP contribution in [0.4, 0.5) is 0 Å². The summed E-state index contributed by atoms with van der Waals surface area (Å²) in [7, 11) is -0.380. The minimum Gasteiger partial charge on any atom is -0.399 e. The maximum absolute atomic E-state index is 6.20. The summed E-state index contributed by atoms with van der Waals surface area (Å²) < 4.78 is 14.6. The Kier molecular flexibility index (Phi) is 19.6. The van der Waals surface area contributed by atoms with Gasteiger partial charge in [-0.3, -0.25) is 0 Å². The molecule has 0 aliphatic carbocycles. The number of rotatable bonds is 12. The maximum atomic E-state index is 6.20. The highest BCUT2D eigenvalue weighted by Gasteiger charge is 2.51. The number of aromatic nitrogens is 6. The topological polar surface area (TPSA) is 95.8 Å². The average molecular weight is 1460 g/mol. The van der Waals surface area contributed by atoms with Crippen LogP contribution in [-0.2, 0) is 9.31 Å². The molecular formula is C92H69BBr2N6O2. The van der Waals surface area contributed by atoms with Gasteiger partial charge in [0, 0.05) is 59.0 Å². The summed E-state index contributed by atoms with van der Waals surface area (Å²) in [6.07, 6.45) is 0. The van der Waals surface area contributed by atoms with Gasteiger partial charge in [-0.25, -0.2) is 29.9 Å². The molecule has 496 valence electrons. The number of benzene rings is 13. The van der Waals surface area contributed by atoms with Gasteiger partial charge in [0.15, 0.2) is 17.5 Å². The summed E-state index contributed by atoms with van der Waals surface area (Å²) >= 11 is 6.88. The second-order valence-electron chi connectivity index (χ2n) is 26.4. The third-order valence-corrected chi connectivity index (χ3v) is 19.8. The highest BCUT2D eigenvalue weighted by atomic mass is 79.9. The lowest BCUT2D eigenvalue weighted by molar-refractivity contribution is 0.00578. The van der Waals surface area contributed by atoms with Gasteiger partial charge in [-0.1, -0.05) is 323 Å². The van der Waals surface area contributed by atoms with Crippen LogP contribution < -0.4 is 5.46 Å². The lowest BCUT2D eigenvalue weighted by Gasteiger charge is -2.32. The molecule has 3 aromatic heterocycles. The van der Waals surface area contributed by atoms with E-state index in [1.54, 1.807) is 0 Å². The monoisotopic (exact) mass is 1460 g/mol. The smallest absolute Gasteiger partial charge is 0.399 e. The van der Waals surface area contributed by atoms with E-state index in [2.05, 4.69) is 278 Å². The number of halogens is 2. The van der Waals surface area contributed by atoms with Crippen LogP contribution in [0.15, 0.2) is 355 Å². The molecule has 0 saturated carbocycles. The average Bonchev–Trinajstić information content (AvgIpc) is 1.77. The zero-order valence-corrected chi connectivity index (χ0v) is 60.4. The molecule has 1 aliphatic heterocycles. The molecule has 11 heteroatoms. The van der Waals surface area contributed by atoms with Gasteiger partial charge in [0.25, 0.3) is 0 Å². The highest BCUT2D eigenvalue weighted by molar-refractivity contribution is 9.10. The summed E-state index contributed by atoms with van der Waals surface area (Å²) in [6, 6.07) is 119. The van der Waals surface area contributed by atoms with Gasteiger partial charge in [0.1, 0.15) is 0 Å². The molecule has 4 heterocycles. The van der Waals surface area contributed by atoms with E-state index in [4.69, 9.17) is 39.2 Å². The predicted octanol–water partition coefficient (Wildman–Crippen LogP) is 23.9. The molecule has 13 aromatic carbocycles. The Balaban J connectivity index is 0.000000158. The van der Waals surface area contributed by atoms with Gasteiger partial charge in [0.05, 0.1) is 45.4 Å². The first-order chi connectivity index (χ1) is 50.3. The molecule has 1 fully saturated rings. The molecule has 0 unspecified atom stereocenters. The minimum absolute atomic E-state index is 0.363. The van der Waals surface area contributed by atoms with E-state index in [1.165, 1.54) is 21.5 Å². The fraction of sp³-hybridized carbons (Fsp3) is 0.0652. The standard InChI is InChI=1S/C54H36N4.C28H27BN2O2.C10H6Br2/c1-5-13-40(14-6-1)49-35-51(57-53(55-49)44-17-9-3-10-18-44)42-27-21-37(22-28-42)46-31-25-39-26-32-47(34-48(39)33-46)38-23-29-43(30-24-38)52-36-50(41-15-7-2-8-16-41)56-54(58-52)45-19-11-4-12-20-45;1-27(2)28(3,4)33-29(32-27)23-17-15-21(16-18-23)25-19-24(20-11-7-5-8-12-20)30-26(31-25)22-13-9-6-10-14-22;11-9-3-1-7-2-4-10(12)6-8(7)5-9/h1-36H;5-19H,1-4H3;1-6H. The summed E-state index contributed by atoms with van der Waals surface area (Å²) in [6.45, 7) is 8.27. The first-order valence-corrected chi connectivity index (χ1v) is 35.9. The molecule has 16 aromatic rings. The van der Waals surface area contributed by atoms with E-state index in [-0.39, 0.29) is 18.3 Å². The van der Waals surface area contributed by atoms with Crippen molar-refractivity contribution in [2.75, 3.05) is 0 Å². The molecule has 0 bridgehead atoms. The summed E-state index contributed by atoms with van der Waals surface area (Å²) in [5.74, 6) is 2.14. The van der Waals surface area contributed by atoms with Crippen LogP contribution >= 0.6 is 31.9 Å². The molecule has 17 rings (SSSR count). The van der Waals surface area contributed by atoms with E-state index in [9.17, 15) is 0 Å². The van der Waals surface area contributed by atoms with E-state index >= 15 is 0 Å². The second-order valence-corrected chi connectivity index (χ2v) is 28.2. The SMILES string of the molecule is Brc1ccc2ccc(Br)cc2c1.CC1(C)OB(c2ccc(-c3cc(-c4ccccc4)nc(-c4ccccc4)n3)cc2)OC1(C)C.c1ccc(-c2cc(-c3ccc(-c4ccc5ccc(-c6ccc(-c7cc(-c8ccccc8)nc(-c8ccccc8)n7)cc6)cc5c4)cc3)nc(-c3ccccc3)n2)cc1. The number of fused-ring (bicyclic) bond motifs is 2. The molecule has 0 atom stereocenters. The van der Waals surface area contributed by atoms with Crippen LogP contribution in [0.25, 0.3) is 146 Å². The van der Waals surface area contributed by atoms with Crippen molar-refractivity contribution in [2.24, 2.45) is 0 Å². The highest BCUT2D eigenvalue weighted by Crippen LogP contribution is 2.39. The number of hydrogen-bond acceptors (Lipinski definition) is 8. The predicted molar refractivity (Wildman–Crippen MR) is 432 cm³/mol. The van der Waals surface area contributed by atoms with Crippen LogP contribution in [0.1, 0.15) is 27.7 Å². The van der Waals surface area contributed by atoms with Gasteiger partial charge in [-0.2, -0.15) is 0 Å². The zero-order valence-electron chi connectivity index (χ0n) is 57.2. The molecule has 0 N–H and O–H groups in total. The fourth-order valence-electron chi connectivity index (χ4n) is 12.5. The molecule has 8 nitrogen and oxygen atoms in total. The normalized spacial score (nSPS) is 12.8. The maximum Gasteiger partial charge on any atom is 0.494 e. The Morgan fingerprint density at radius 3 is 0.757 bits per heavy atom. The quantitative estimate of drug-likeness (QED) is 0.112. The lowest BCUT2D eigenvalue weighted by atomic mass is 9.79. The van der Waals surface area contributed by atoms with Crippen LogP contribution in [0, 0.1) is 0 Å². The van der Waals surface area contributed by atoms with Crippen molar-refractivity contribution >= 4 is 66.0 Å². The molecule has 0 spiro atoms. The van der Waals surface area contributed by atoms with Gasteiger partial charge in [-0.15, -0.1) is 0 Å². The van der Waals surface area contributed by atoms with E-state index in [0.29, 0.717) is 17.5 Å². The summed E-state index contributed by atoms with van der Waals surface area (Å²) in [4.78, 5) is 29.7. The third kappa shape index (κ3) is 15.6. The molecule has 0 amide bonds. The van der Waals surface area contributed by atoms with Crippen molar-refractivity contribution in [3.63, 3.8) is 0 Å². The van der Waals surface area contributed by atoms with Crippen molar-refractivity contribution in [3.05, 3.63) is 355 Å². The molecule has 0 radical (unpaired) electrons. The lowest BCUT2D eigenvalue weighted by Crippen LogP contribution is -2.41. The van der Waals surface area contributed by atoms with E-state index in [0.717, 1.165) is 121 Å². The Hall–Kier alpha value is -11.4. The van der Waals surface area contributed by atoms with E-state index < -0.39 is 0 Å². The fourth-order valence-corrected chi connectivity index (χ4v) is 13.2. The Bertz CT molecular complexity index is 5200. The molecule has 1 saturated heterocycles. The Morgan fingerprint density at radius 2 is 0.456 bits per heavy atom. The van der Waals surface area contributed by atoms with Crippen molar-refractivity contribution in [1.29, 1.82) is 0 Å². The van der Waals surface area contributed by atoms with Crippen LogP contribution in [0.5, 0.6) is 0 Å². The van der Waals surface area contributed by atoms with Crippen molar-refractivity contribution < 1.29 is 9.31 Å². The van der Waals surface area contributed by atoms with Crippen LogP contribution in [-0.4, -0.2) is 48.2 Å². The third-order valence-electron chi connectivity index (χ3n) is 18.8. The van der Waals surface area contributed by atoms with Crippen molar-refractivity contribution in [1.82, 2.24) is 29.9 Å². The van der Waals surface area contributed by atoms with Crippen molar-refractivity contribution in [3.8, 4) is 124 Å². The van der Waals surface area contributed by atoms with Crippen LogP contribution in [0.2, 0.25) is 0 Å². The van der Waals surface area contributed by atoms with Gasteiger partial charge < -0.3 is 9.31 Å². The van der Waals surface area contributed by atoms with Crippen LogP contribution in [0.3, 0.4) is 0 Å².